The number of nitrogens with zero attached hydrogens (tertiary/aromatic N) is 1. The van der Waals surface area contributed by atoms with Crippen LogP contribution in [0.1, 0.15) is 13.3 Å². The number of hydrogen-bond acceptors (Lipinski definition) is 2. The summed E-state index contributed by atoms with van der Waals surface area (Å²) in [7, 11) is 1.97. The van der Waals surface area contributed by atoms with Crippen molar-refractivity contribution < 1.29 is 0 Å². The van der Waals surface area contributed by atoms with E-state index < -0.39 is 0 Å². The van der Waals surface area contributed by atoms with Crippen LogP contribution in [0.2, 0.25) is 0 Å². The Balaban J connectivity index is 3.44. The first kappa shape index (κ1) is 10.2. The van der Waals surface area contributed by atoms with Gasteiger partial charge in [0.15, 0.2) is 0 Å². The molecule has 0 spiro atoms. The summed E-state index contributed by atoms with van der Waals surface area (Å²) in [6.45, 7) is 7.81. The van der Waals surface area contributed by atoms with Crippen molar-refractivity contribution in [2.45, 2.75) is 13.3 Å². The molecule has 0 rings (SSSR count). The standard InChI is InChI=1S/C9H18N2/c1-4-8-11(5-2)9-6-7-10-3/h4-5,8,10H,2,6-7,9H2,1,3H3/b8-4-. The van der Waals surface area contributed by atoms with Crippen molar-refractivity contribution in [3.8, 4) is 0 Å². The Morgan fingerprint density at radius 1 is 1.55 bits per heavy atom. The molecular weight excluding hydrogens is 136 g/mol. The van der Waals surface area contributed by atoms with Crippen LogP contribution in [0.5, 0.6) is 0 Å². The van der Waals surface area contributed by atoms with E-state index in [0.717, 1.165) is 19.5 Å². The summed E-state index contributed by atoms with van der Waals surface area (Å²) in [6, 6.07) is 0. The van der Waals surface area contributed by atoms with Gasteiger partial charge in [-0.2, -0.15) is 0 Å². The van der Waals surface area contributed by atoms with Gasteiger partial charge in [0, 0.05) is 6.54 Å². The van der Waals surface area contributed by atoms with Crippen LogP contribution in [-0.2, 0) is 0 Å². The van der Waals surface area contributed by atoms with Crippen LogP contribution >= 0.6 is 0 Å². The van der Waals surface area contributed by atoms with E-state index in [2.05, 4.69) is 16.8 Å². The Morgan fingerprint density at radius 3 is 2.73 bits per heavy atom. The molecule has 0 heterocycles. The first-order valence-electron chi connectivity index (χ1n) is 4.01. The second-order valence-corrected chi connectivity index (χ2v) is 2.36. The molecular formula is C9H18N2. The van der Waals surface area contributed by atoms with Gasteiger partial charge in [-0.25, -0.2) is 0 Å². The molecule has 0 amide bonds. The van der Waals surface area contributed by atoms with Gasteiger partial charge in [0.1, 0.15) is 0 Å². The Bertz CT molecular complexity index is 119. The zero-order valence-electron chi connectivity index (χ0n) is 7.51. The van der Waals surface area contributed by atoms with Crippen molar-refractivity contribution in [3.63, 3.8) is 0 Å². The molecule has 0 aliphatic rings. The molecule has 0 aromatic rings. The molecule has 0 saturated heterocycles. The summed E-state index contributed by atoms with van der Waals surface area (Å²) in [5, 5.41) is 3.10. The molecule has 0 unspecified atom stereocenters. The number of hydrogen-bond donors (Lipinski definition) is 1. The Hall–Kier alpha value is -0.760. The zero-order chi connectivity index (χ0) is 8.53. The Kier molecular flexibility index (Phi) is 6.84. The van der Waals surface area contributed by atoms with Gasteiger partial charge in [-0.05, 0) is 39.3 Å². The molecule has 2 heteroatoms. The fourth-order valence-electron chi connectivity index (χ4n) is 0.857. The average Bonchev–Trinajstić information content (AvgIpc) is 2.03. The van der Waals surface area contributed by atoms with Gasteiger partial charge in [-0.3, -0.25) is 0 Å². The molecule has 0 atom stereocenters. The van der Waals surface area contributed by atoms with Gasteiger partial charge in [0.2, 0.25) is 0 Å². The van der Waals surface area contributed by atoms with Crippen LogP contribution in [0, 0.1) is 0 Å². The van der Waals surface area contributed by atoms with Gasteiger partial charge >= 0.3 is 0 Å². The van der Waals surface area contributed by atoms with E-state index in [-0.39, 0.29) is 0 Å². The molecule has 0 aliphatic carbocycles. The highest BCUT2D eigenvalue weighted by atomic mass is 15.1. The summed E-state index contributed by atoms with van der Waals surface area (Å²) >= 11 is 0. The van der Waals surface area contributed by atoms with Gasteiger partial charge in [0.25, 0.3) is 0 Å². The third kappa shape index (κ3) is 5.67. The van der Waals surface area contributed by atoms with Crippen LogP contribution in [0.4, 0.5) is 0 Å². The molecule has 0 fully saturated rings. The molecule has 0 aromatic carbocycles. The molecule has 64 valence electrons. The molecule has 0 aliphatic heterocycles. The zero-order valence-corrected chi connectivity index (χ0v) is 7.51. The van der Waals surface area contributed by atoms with E-state index in [9.17, 15) is 0 Å². The minimum Gasteiger partial charge on any atom is -0.355 e. The monoisotopic (exact) mass is 154 g/mol. The van der Waals surface area contributed by atoms with Crippen LogP contribution in [0.15, 0.2) is 25.1 Å². The van der Waals surface area contributed by atoms with Crippen molar-refractivity contribution in [1.29, 1.82) is 0 Å². The molecule has 0 radical (unpaired) electrons. The lowest BCUT2D eigenvalue weighted by Gasteiger charge is -2.13. The first-order chi connectivity index (χ1) is 5.35. The lowest BCUT2D eigenvalue weighted by Crippen LogP contribution is -2.16. The van der Waals surface area contributed by atoms with Crippen molar-refractivity contribution in [1.82, 2.24) is 10.2 Å². The Labute approximate surface area is 69.6 Å². The fraction of sp³-hybridized carbons (Fsp3) is 0.556. The first-order valence-corrected chi connectivity index (χ1v) is 4.01. The van der Waals surface area contributed by atoms with Gasteiger partial charge in [-0.1, -0.05) is 12.7 Å². The van der Waals surface area contributed by atoms with Crippen LogP contribution < -0.4 is 5.32 Å². The minimum absolute atomic E-state index is 1.04. The summed E-state index contributed by atoms with van der Waals surface area (Å²) in [4.78, 5) is 2.08. The van der Waals surface area contributed by atoms with E-state index in [1.165, 1.54) is 0 Å². The summed E-state index contributed by atoms with van der Waals surface area (Å²) < 4.78 is 0. The number of nitrogens with one attached hydrogen (secondary N) is 1. The topological polar surface area (TPSA) is 15.3 Å². The largest absolute Gasteiger partial charge is 0.355 e. The van der Waals surface area contributed by atoms with E-state index in [1.807, 2.05) is 32.4 Å². The smallest absolute Gasteiger partial charge is 0.0231 e. The normalized spacial score (nSPS) is 10.4. The predicted molar refractivity (Wildman–Crippen MR) is 50.3 cm³/mol. The molecule has 1 N–H and O–H groups in total. The van der Waals surface area contributed by atoms with Gasteiger partial charge in [-0.15, -0.1) is 0 Å². The SMILES string of the molecule is C=CN(/C=C\C)CCCNC. The highest BCUT2D eigenvalue weighted by Gasteiger charge is 1.90. The summed E-state index contributed by atoms with van der Waals surface area (Å²) in [5.41, 5.74) is 0. The molecule has 11 heavy (non-hydrogen) atoms. The van der Waals surface area contributed by atoms with E-state index >= 15 is 0 Å². The van der Waals surface area contributed by atoms with Crippen molar-refractivity contribution >= 4 is 0 Å². The lowest BCUT2D eigenvalue weighted by atomic mass is 10.4. The molecule has 2 nitrogen and oxygen atoms in total. The summed E-state index contributed by atoms with van der Waals surface area (Å²) in [5.74, 6) is 0. The minimum atomic E-state index is 1.04. The number of allylic oxidation sites excluding steroid dienone is 1. The van der Waals surface area contributed by atoms with Crippen LogP contribution in [0.25, 0.3) is 0 Å². The molecule has 0 saturated carbocycles. The van der Waals surface area contributed by atoms with Crippen LogP contribution in [0.3, 0.4) is 0 Å². The summed E-state index contributed by atoms with van der Waals surface area (Å²) in [6.07, 6.45) is 7.03. The third-order valence-corrected chi connectivity index (χ3v) is 1.42. The predicted octanol–water partition coefficient (Wildman–Crippen LogP) is 1.57. The second kappa shape index (κ2) is 7.35. The van der Waals surface area contributed by atoms with Crippen molar-refractivity contribution in [2.75, 3.05) is 20.1 Å². The van der Waals surface area contributed by atoms with Crippen molar-refractivity contribution in [3.05, 3.63) is 25.1 Å². The highest BCUT2D eigenvalue weighted by Crippen LogP contribution is 1.92. The Morgan fingerprint density at radius 2 is 2.27 bits per heavy atom. The second-order valence-electron chi connectivity index (χ2n) is 2.36. The molecule has 0 bridgehead atoms. The van der Waals surface area contributed by atoms with E-state index in [0.29, 0.717) is 0 Å². The quantitative estimate of drug-likeness (QED) is 0.584. The maximum Gasteiger partial charge on any atom is 0.0231 e. The van der Waals surface area contributed by atoms with Crippen molar-refractivity contribution in [2.24, 2.45) is 0 Å². The van der Waals surface area contributed by atoms with Gasteiger partial charge in [0.05, 0.1) is 0 Å². The maximum atomic E-state index is 3.71. The molecule has 0 aromatic heterocycles. The van der Waals surface area contributed by atoms with E-state index in [4.69, 9.17) is 0 Å². The van der Waals surface area contributed by atoms with E-state index in [1.54, 1.807) is 0 Å². The van der Waals surface area contributed by atoms with Gasteiger partial charge < -0.3 is 10.2 Å². The number of rotatable bonds is 6. The fourth-order valence-corrected chi connectivity index (χ4v) is 0.857. The third-order valence-electron chi connectivity index (χ3n) is 1.42. The average molecular weight is 154 g/mol. The highest BCUT2D eigenvalue weighted by molar-refractivity contribution is 4.85. The lowest BCUT2D eigenvalue weighted by molar-refractivity contribution is 0.483. The van der Waals surface area contributed by atoms with Crippen LogP contribution in [-0.4, -0.2) is 25.0 Å². The maximum absolute atomic E-state index is 3.71.